The van der Waals surface area contributed by atoms with E-state index >= 15 is 0 Å². The molecule has 0 amide bonds. The summed E-state index contributed by atoms with van der Waals surface area (Å²) in [6.07, 6.45) is 3.59. The van der Waals surface area contributed by atoms with Crippen molar-refractivity contribution in [3.8, 4) is 11.3 Å². The third kappa shape index (κ3) is 3.91. The number of benzene rings is 1. The Morgan fingerprint density at radius 1 is 0.920 bits per heavy atom. The molecule has 0 spiro atoms. The second-order valence-corrected chi connectivity index (χ2v) is 7.00. The van der Waals surface area contributed by atoms with Crippen molar-refractivity contribution < 1.29 is 4.42 Å². The maximum absolute atomic E-state index is 6.03. The van der Waals surface area contributed by atoms with Gasteiger partial charge in [0.1, 0.15) is 11.5 Å². The molecular formula is C19H19BrN4O. The van der Waals surface area contributed by atoms with E-state index < -0.39 is 0 Å². The molecule has 25 heavy (non-hydrogen) atoms. The Morgan fingerprint density at radius 3 is 2.36 bits per heavy atom. The Labute approximate surface area is 155 Å². The van der Waals surface area contributed by atoms with Crippen molar-refractivity contribution >= 4 is 21.9 Å². The van der Waals surface area contributed by atoms with Crippen LogP contribution in [0.2, 0.25) is 0 Å². The van der Waals surface area contributed by atoms with Gasteiger partial charge in [-0.2, -0.15) is 0 Å². The summed E-state index contributed by atoms with van der Waals surface area (Å²) < 4.78 is 7.10. The van der Waals surface area contributed by atoms with Crippen LogP contribution in [0.4, 0.5) is 5.95 Å². The van der Waals surface area contributed by atoms with Gasteiger partial charge in [0.25, 0.3) is 0 Å². The summed E-state index contributed by atoms with van der Waals surface area (Å²) in [6.45, 7) is 4.66. The van der Waals surface area contributed by atoms with E-state index in [0.717, 1.165) is 60.2 Å². The van der Waals surface area contributed by atoms with E-state index in [9.17, 15) is 0 Å². The second-order valence-electron chi connectivity index (χ2n) is 6.08. The largest absolute Gasteiger partial charge is 0.460 e. The maximum Gasteiger partial charge on any atom is 0.225 e. The van der Waals surface area contributed by atoms with Crippen molar-refractivity contribution in [2.24, 2.45) is 0 Å². The van der Waals surface area contributed by atoms with Crippen molar-refractivity contribution in [1.82, 2.24) is 14.9 Å². The lowest BCUT2D eigenvalue weighted by molar-refractivity contribution is 0.230. The van der Waals surface area contributed by atoms with Crippen molar-refractivity contribution in [2.75, 3.05) is 31.1 Å². The molecule has 4 rings (SSSR count). The van der Waals surface area contributed by atoms with Gasteiger partial charge in [0, 0.05) is 48.6 Å². The van der Waals surface area contributed by atoms with Gasteiger partial charge < -0.3 is 9.32 Å². The number of rotatable bonds is 4. The van der Waals surface area contributed by atoms with Crippen molar-refractivity contribution in [2.45, 2.75) is 6.54 Å². The van der Waals surface area contributed by atoms with E-state index in [4.69, 9.17) is 4.42 Å². The van der Waals surface area contributed by atoms with Gasteiger partial charge in [0.15, 0.2) is 0 Å². The Balaban J connectivity index is 1.35. The Morgan fingerprint density at radius 2 is 1.64 bits per heavy atom. The highest BCUT2D eigenvalue weighted by molar-refractivity contribution is 9.10. The Kier molecular flexibility index (Phi) is 4.81. The molecule has 2 aromatic heterocycles. The van der Waals surface area contributed by atoms with Crippen molar-refractivity contribution in [3.05, 3.63) is 65.1 Å². The van der Waals surface area contributed by atoms with Gasteiger partial charge in [-0.1, -0.05) is 28.1 Å². The zero-order valence-corrected chi connectivity index (χ0v) is 15.4. The first-order valence-corrected chi connectivity index (χ1v) is 9.16. The molecule has 6 heteroatoms. The molecule has 1 aromatic carbocycles. The summed E-state index contributed by atoms with van der Waals surface area (Å²) in [5.74, 6) is 2.74. The zero-order valence-electron chi connectivity index (χ0n) is 13.8. The van der Waals surface area contributed by atoms with Gasteiger partial charge in [0.2, 0.25) is 5.95 Å². The van der Waals surface area contributed by atoms with Crippen LogP contribution in [0.1, 0.15) is 5.76 Å². The Hall–Kier alpha value is -2.18. The standard InChI is InChI=1S/C19H19BrN4O/c20-16-4-2-15(3-5-16)18-7-6-17(25-18)14-23-10-12-24(13-11-23)19-21-8-1-9-22-19/h1-9H,10-14H2. The van der Waals surface area contributed by atoms with Crippen LogP contribution in [-0.2, 0) is 6.54 Å². The van der Waals surface area contributed by atoms with Gasteiger partial charge in [-0.3, -0.25) is 4.90 Å². The molecule has 1 aliphatic rings. The molecular weight excluding hydrogens is 380 g/mol. The van der Waals surface area contributed by atoms with Crippen LogP contribution < -0.4 is 4.90 Å². The average Bonchev–Trinajstić information content (AvgIpc) is 3.12. The van der Waals surface area contributed by atoms with Crippen LogP contribution in [-0.4, -0.2) is 41.0 Å². The minimum Gasteiger partial charge on any atom is -0.460 e. The molecule has 0 saturated carbocycles. The second kappa shape index (κ2) is 7.37. The van der Waals surface area contributed by atoms with E-state index in [1.807, 2.05) is 24.3 Å². The number of furan rings is 1. The molecule has 128 valence electrons. The third-order valence-corrected chi connectivity index (χ3v) is 4.91. The zero-order chi connectivity index (χ0) is 17.1. The van der Waals surface area contributed by atoms with E-state index in [2.05, 4.69) is 53.9 Å². The molecule has 0 unspecified atom stereocenters. The van der Waals surface area contributed by atoms with Crippen molar-refractivity contribution in [1.29, 1.82) is 0 Å². The number of hydrogen-bond donors (Lipinski definition) is 0. The number of aromatic nitrogens is 2. The molecule has 0 radical (unpaired) electrons. The minimum absolute atomic E-state index is 0.817. The topological polar surface area (TPSA) is 45.4 Å². The lowest BCUT2D eigenvalue weighted by Crippen LogP contribution is -2.46. The first-order chi connectivity index (χ1) is 12.3. The molecule has 1 aliphatic heterocycles. The van der Waals surface area contributed by atoms with Crippen molar-refractivity contribution in [3.63, 3.8) is 0 Å². The van der Waals surface area contributed by atoms with Gasteiger partial charge >= 0.3 is 0 Å². The molecule has 0 N–H and O–H groups in total. The molecule has 0 atom stereocenters. The van der Waals surface area contributed by atoms with Crippen LogP contribution in [0.25, 0.3) is 11.3 Å². The average molecular weight is 399 g/mol. The summed E-state index contributed by atoms with van der Waals surface area (Å²) in [7, 11) is 0. The summed E-state index contributed by atoms with van der Waals surface area (Å²) in [6, 6.07) is 14.2. The summed E-state index contributed by atoms with van der Waals surface area (Å²) in [5.41, 5.74) is 1.10. The molecule has 1 saturated heterocycles. The van der Waals surface area contributed by atoms with Gasteiger partial charge in [0.05, 0.1) is 6.54 Å². The van der Waals surface area contributed by atoms with Crippen LogP contribution >= 0.6 is 15.9 Å². The highest BCUT2D eigenvalue weighted by Gasteiger charge is 2.19. The molecule has 5 nitrogen and oxygen atoms in total. The monoisotopic (exact) mass is 398 g/mol. The number of halogens is 1. The predicted molar refractivity (Wildman–Crippen MR) is 101 cm³/mol. The van der Waals surface area contributed by atoms with Crippen LogP contribution in [0.5, 0.6) is 0 Å². The summed E-state index contributed by atoms with van der Waals surface area (Å²) >= 11 is 3.46. The maximum atomic E-state index is 6.03. The molecule has 3 heterocycles. The van der Waals surface area contributed by atoms with Gasteiger partial charge in [-0.25, -0.2) is 9.97 Å². The normalized spacial score (nSPS) is 15.5. The van der Waals surface area contributed by atoms with Crippen LogP contribution in [0, 0.1) is 0 Å². The molecule has 0 aliphatic carbocycles. The molecule has 3 aromatic rings. The van der Waals surface area contributed by atoms with Crippen LogP contribution in [0.15, 0.2) is 63.7 Å². The smallest absolute Gasteiger partial charge is 0.225 e. The first-order valence-electron chi connectivity index (χ1n) is 8.37. The third-order valence-electron chi connectivity index (χ3n) is 4.38. The van der Waals surface area contributed by atoms with E-state index in [-0.39, 0.29) is 0 Å². The highest BCUT2D eigenvalue weighted by Crippen LogP contribution is 2.25. The van der Waals surface area contributed by atoms with Gasteiger partial charge in [-0.05, 0) is 30.3 Å². The van der Waals surface area contributed by atoms with E-state index in [0.29, 0.717) is 0 Å². The SMILES string of the molecule is Brc1ccc(-c2ccc(CN3CCN(c4ncccn4)CC3)o2)cc1. The number of nitrogens with zero attached hydrogens (tertiary/aromatic N) is 4. The fourth-order valence-corrected chi connectivity index (χ4v) is 3.28. The lowest BCUT2D eigenvalue weighted by Gasteiger charge is -2.34. The predicted octanol–water partition coefficient (Wildman–Crippen LogP) is 3.82. The van der Waals surface area contributed by atoms with Crippen LogP contribution in [0.3, 0.4) is 0 Å². The fourth-order valence-electron chi connectivity index (χ4n) is 3.01. The number of anilines is 1. The summed E-state index contributed by atoms with van der Waals surface area (Å²) in [4.78, 5) is 13.3. The minimum atomic E-state index is 0.817. The lowest BCUT2D eigenvalue weighted by atomic mass is 10.2. The van der Waals surface area contributed by atoms with E-state index in [1.54, 1.807) is 12.4 Å². The fraction of sp³-hybridized carbons (Fsp3) is 0.263. The highest BCUT2D eigenvalue weighted by atomic mass is 79.9. The van der Waals surface area contributed by atoms with Gasteiger partial charge in [-0.15, -0.1) is 0 Å². The number of piperazine rings is 1. The first kappa shape index (κ1) is 16.3. The molecule has 1 fully saturated rings. The quantitative estimate of drug-likeness (QED) is 0.668. The Bertz CT molecular complexity index is 811. The van der Waals surface area contributed by atoms with E-state index in [1.165, 1.54) is 0 Å². The summed E-state index contributed by atoms with van der Waals surface area (Å²) in [5, 5.41) is 0. The molecule has 0 bridgehead atoms. The number of hydrogen-bond acceptors (Lipinski definition) is 5.